The van der Waals surface area contributed by atoms with Crippen molar-refractivity contribution in [2.24, 2.45) is 0 Å². The van der Waals surface area contributed by atoms with Gasteiger partial charge < -0.3 is 4.90 Å². The summed E-state index contributed by atoms with van der Waals surface area (Å²) in [6.45, 7) is 10.8. The maximum absolute atomic E-state index is 2.66. The summed E-state index contributed by atoms with van der Waals surface area (Å²) in [5.41, 5.74) is 0. The highest BCUT2D eigenvalue weighted by Crippen LogP contribution is 2.11. The molecule has 104 valence electrons. The maximum atomic E-state index is 2.66. The molecule has 0 fully saturated rings. The molecule has 0 saturated heterocycles. The Morgan fingerprint density at radius 2 is 1.47 bits per heavy atom. The quantitative estimate of drug-likeness (QED) is 0.262. The number of nitrogens with zero attached hydrogens (tertiary/aromatic N) is 1. The number of hydrogen-bond acceptors (Lipinski definition) is 1. The smallest absolute Gasteiger partial charge is 0.00813 e. The van der Waals surface area contributed by atoms with Crippen molar-refractivity contribution in [3.63, 3.8) is 0 Å². The van der Waals surface area contributed by atoms with Crippen molar-refractivity contribution in [3.05, 3.63) is 0 Å². The lowest BCUT2D eigenvalue weighted by atomic mass is 10.1. The van der Waals surface area contributed by atoms with Gasteiger partial charge in [0, 0.05) is 3.92 Å². The first-order valence-corrected chi connectivity index (χ1v) is 8.81. The van der Waals surface area contributed by atoms with E-state index in [0.29, 0.717) is 0 Å². The van der Waals surface area contributed by atoms with Crippen molar-refractivity contribution >= 4 is 22.6 Å². The van der Waals surface area contributed by atoms with Gasteiger partial charge in [0.1, 0.15) is 0 Å². The van der Waals surface area contributed by atoms with E-state index in [1.165, 1.54) is 71.0 Å². The van der Waals surface area contributed by atoms with E-state index in [-0.39, 0.29) is 0 Å². The van der Waals surface area contributed by atoms with Gasteiger partial charge in [-0.3, -0.25) is 0 Å². The lowest BCUT2D eigenvalue weighted by Gasteiger charge is -2.21. The Hall–Kier alpha value is 0.690. The van der Waals surface area contributed by atoms with Crippen LogP contribution in [-0.4, -0.2) is 28.5 Å². The zero-order valence-corrected chi connectivity index (χ0v) is 14.3. The molecule has 0 aromatic rings. The van der Waals surface area contributed by atoms with Gasteiger partial charge in [0.2, 0.25) is 0 Å². The molecule has 0 aliphatic heterocycles. The third-order valence-corrected chi connectivity index (χ3v) is 3.82. The van der Waals surface area contributed by atoms with Gasteiger partial charge in [0.25, 0.3) is 0 Å². The lowest BCUT2D eigenvalue weighted by molar-refractivity contribution is 0.263. The molecule has 0 heterocycles. The molecule has 0 unspecified atom stereocenters. The number of unbranched alkanes of at least 4 members (excludes halogenated alkanes) is 4. The summed E-state index contributed by atoms with van der Waals surface area (Å²) in [6, 6.07) is 0. The summed E-state index contributed by atoms with van der Waals surface area (Å²) in [6.07, 6.45) is 11.1. The summed E-state index contributed by atoms with van der Waals surface area (Å²) < 4.78 is 0.855. The van der Waals surface area contributed by atoms with Crippen LogP contribution in [0.4, 0.5) is 0 Å². The Morgan fingerprint density at radius 1 is 0.824 bits per heavy atom. The van der Waals surface area contributed by atoms with E-state index in [1.807, 2.05) is 0 Å². The number of hydrogen-bond donors (Lipinski definition) is 0. The van der Waals surface area contributed by atoms with Crippen LogP contribution in [0.5, 0.6) is 0 Å². The Labute approximate surface area is 123 Å². The molecule has 0 saturated carbocycles. The van der Waals surface area contributed by atoms with Crippen LogP contribution in [0.3, 0.4) is 0 Å². The van der Waals surface area contributed by atoms with Crippen LogP contribution >= 0.6 is 22.6 Å². The Balaban J connectivity index is 3.40. The summed E-state index contributed by atoms with van der Waals surface area (Å²) in [4.78, 5) is 2.66. The van der Waals surface area contributed by atoms with Gasteiger partial charge in [-0.2, -0.15) is 0 Å². The van der Waals surface area contributed by atoms with Gasteiger partial charge in [-0.25, -0.2) is 0 Å². The Kier molecular flexibility index (Phi) is 13.7. The molecule has 1 atom stereocenters. The molecular formula is C15H32IN. The van der Waals surface area contributed by atoms with Crippen molar-refractivity contribution in [2.45, 2.75) is 76.1 Å². The van der Waals surface area contributed by atoms with Crippen LogP contribution in [0, 0.1) is 0 Å². The molecule has 0 rings (SSSR count). The van der Waals surface area contributed by atoms with Crippen LogP contribution in [-0.2, 0) is 0 Å². The molecule has 0 aromatic heterocycles. The van der Waals surface area contributed by atoms with Gasteiger partial charge in [0.15, 0.2) is 0 Å². The second-order valence-corrected chi connectivity index (χ2v) is 7.31. The lowest BCUT2D eigenvalue weighted by Crippen LogP contribution is -2.26. The molecule has 17 heavy (non-hydrogen) atoms. The van der Waals surface area contributed by atoms with E-state index in [4.69, 9.17) is 0 Å². The van der Waals surface area contributed by atoms with E-state index in [0.717, 1.165) is 3.92 Å². The molecule has 2 heteroatoms. The van der Waals surface area contributed by atoms with E-state index in [1.54, 1.807) is 0 Å². The summed E-state index contributed by atoms with van der Waals surface area (Å²) in [5, 5.41) is 0. The average molecular weight is 353 g/mol. The van der Waals surface area contributed by atoms with Gasteiger partial charge >= 0.3 is 0 Å². The normalized spacial score (nSPS) is 13.2. The first kappa shape index (κ1) is 17.7. The fraction of sp³-hybridized carbons (Fsp3) is 1.00. The number of rotatable bonds is 12. The van der Waals surface area contributed by atoms with Crippen molar-refractivity contribution in [1.82, 2.24) is 4.90 Å². The van der Waals surface area contributed by atoms with Crippen molar-refractivity contribution in [3.8, 4) is 0 Å². The summed E-state index contributed by atoms with van der Waals surface area (Å²) in [7, 11) is 0. The topological polar surface area (TPSA) is 3.24 Å². The highest BCUT2D eigenvalue weighted by Gasteiger charge is 2.02. The molecule has 0 N–H and O–H groups in total. The minimum Gasteiger partial charge on any atom is -0.303 e. The second-order valence-electron chi connectivity index (χ2n) is 5.18. The Bertz CT molecular complexity index is 148. The number of halogens is 1. The van der Waals surface area contributed by atoms with E-state index in [9.17, 15) is 0 Å². The SMILES string of the molecule is CCCCN(CCC)CCCCCC[C@@H](C)I. The van der Waals surface area contributed by atoms with Gasteiger partial charge in [0.05, 0.1) is 0 Å². The van der Waals surface area contributed by atoms with E-state index >= 15 is 0 Å². The minimum atomic E-state index is 0.855. The fourth-order valence-corrected chi connectivity index (χ4v) is 2.59. The molecule has 0 aromatic carbocycles. The molecule has 0 bridgehead atoms. The van der Waals surface area contributed by atoms with Gasteiger partial charge in [-0.05, 0) is 45.3 Å². The number of alkyl halides is 1. The standard InChI is InChI=1S/C15H32IN/c1-4-6-13-17(12-5-2)14-10-8-7-9-11-15(3)16/h15H,4-14H2,1-3H3/t15-/m1/s1. The predicted octanol–water partition coefficient (Wildman–Crippen LogP) is 5.27. The van der Waals surface area contributed by atoms with Crippen molar-refractivity contribution < 1.29 is 0 Å². The van der Waals surface area contributed by atoms with E-state index < -0.39 is 0 Å². The molecule has 1 nitrogen and oxygen atoms in total. The molecule has 0 aliphatic carbocycles. The largest absolute Gasteiger partial charge is 0.303 e. The summed E-state index contributed by atoms with van der Waals surface area (Å²) in [5.74, 6) is 0. The minimum absolute atomic E-state index is 0.855. The summed E-state index contributed by atoms with van der Waals surface area (Å²) >= 11 is 2.53. The average Bonchev–Trinajstić information content (AvgIpc) is 2.29. The molecule has 0 amide bonds. The zero-order valence-electron chi connectivity index (χ0n) is 12.2. The highest BCUT2D eigenvalue weighted by molar-refractivity contribution is 14.1. The van der Waals surface area contributed by atoms with Gasteiger partial charge in [-0.15, -0.1) is 0 Å². The molecule has 0 spiro atoms. The fourth-order valence-electron chi connectivity index (χ4n) is 2.15. The Morgan fingerprint density at radius 3 is 2.06 bits per heavy atom. The van der Waals surface area contributed by atoms with Crippen LogP contribution in [0.25, 0.3) is 0 Å². The van der Waals surface area contributed by atoms with Crippen LogP contribution in [0.1, 0.15) is 72.1 Å². The zero-order chi connectivity index (χ0) is 12.9. The third kappa shape index (κ3) is 12.9. The first-order chi connectivity index (χ1) is 8.20. The first-order valence-electron chi connectivity index (χ1n) is 7.57. The third-order valence-electron chi connectivity index (χ3n) is 3.19. The maximum Gasteiger partial charge on any atom is 0.00813 e. The second kappa shape index (κ2) is 13.1. The van der Waals surface area contributed by atoms with Crippen molar-refractivity contribution in [2.75, 3.05) is 19.6 Å². The van der Waals surface area contributed by atoms with Gasteiger partial charge in [-0.1, -0.05) is 69.0 Å². The van der Waals surface area contributed by atoms with Crippen LogP contribution < -0.4 is 0 Å². The molecule has 0 aliphatic rings. The molecular weight excluding hydrogens is 321 g/mol. The monoisotopic (exact) mass is 353 g/mol. The highest BCUT2D eigenvalue weighted by atomic mass is 127. The molecule has 0 radical (unpaired) electrons. The van der Waals surface area contributed by atoms with Crippen LogP contribution in [0.2, 0.25) is 0 Å². The van der Waals surface area contributed by atoms with Crippen LogP contribution in [0.15, 0.2) is 0 Å². The van der Waals surface area contributed by atoms with E-state index in [2.05, 4.69) is 48.3 Å². The van der Waals surface area contributed by atoms with Crippen molar-refractivity contribution in [1.29, 1.82) is 0 Å². The predicted molar refractivity (Wildman–Crippen MR) is 88.2 cm³/mol.